The number of nitriles is 1. The molecule has 1 aliphatic carbocycles. The van der Waals surface area contributed by atoms with Crippen molar-refractivity contribution >= 4 is 23.8 Å². The molecule has 4 nitrogen and oxygen atoms in total. The number of halogens is 5. The fourth-order valence-electron chi connectivity index (χ4n) is 2.42. The van der Waals surface area contributed by atoms with Crippen LogP contribution in [0.3, 0.4) is 0 Å². The number of alkyl halides is 4. The van der Waals surface area contributed by atoms with Crippen LogP contribution in [0.5, 0.6) is 5.75 Å². The summed E-state index contributed by atoms with van der Waals surface area (Å²) in [6.07, 6.45) is -1.80. The molecule has 26 heavy (non-hydrogen) atoms. The first-order valence-corrected chi connectivity index (χ1v) is 7.84. The minimum absolute atomic E-state index is 0.0292. The lowest BCUT2D eigenvalue weighted by Crippen LogP contribution is -2.26. The predicted molar refractivity (Wildman–Crippen MR) is 82.5 cm³/mol. The van der Waals surface area contributed by atoms with E-state index in [1.165, 1.54) is 6.07 Å². The molecule has 2 aliphatic rings. The van der Waals surface area contributed by atoms with E-state index in [1.807, 2.05) is 0 Å². The van der Waals surface area contributed by atoms with Gasteiger partial charge in [0.15, 0.2) is 6.17 Å². The van der Waals surface area contributed by atoms with Gasteiger partial charge >= 0.3 is 5.51 Å². The molecule has 134 valence electrons. The molecule has 0 amide bonds. The van der Waals surface area contributed by atoms with Gasteiger partial charge in [0.05, 0.1) is 11.1 Å². The molecule has 0 fully saturated rings. The Morgan fingerprint density at radius 2 is 2.08 bits per heavy atom. The zero-order valence-corrected chi connectivity index (χ0v) is 13.4. The molecular weight excluding hydrogens is 379 g/mol. The molecule has 0 spiro atoms. The van der Waals surface area contributed by atoms with Crippen LogP contribution in [0.15, 0.2) is 45.1 Å². The predicted octanol–water partition coefficient (Wildman–Crippen LogP) is 4.19. The molecule has 10 heteroatoms. The average molecular weight is 386 g/mol. The van der Waals surface area contributed by atoms with Crippen LogP contribution in [0.4, 0.5) is 22.0 Å². The summed E-state index contributed by atoms with van der Waals surface area (Å²) < 4.78 is 70.6. The summed E-state index contributed by atoms with van der Waals surface area (Å²) in [5, 5.41) is 8.82. The van der Waals surface area contributed by atoms with Gasteiger partial charge in [0.25, 0.3) is 0 Å². The van der Waals surface area contributed by atoms with Crippen molar-refractivity contribution in [3.8, 4) is 11.8 Å². The highest BCUT2D eigenvalue weighted by Gasteiger charge is 2.41. The van der Waals surface area contributed by atoms with Crippen LogP contribution in [0, 0.1) is 17.1 Å². The van der Waals surface area contributed by atoms with E-state index in [4.69, 9.17) is 10.00 Å². The minimum Gasteiger partial charge on any atom is -0.459 e. The summed E-state index contributed by atoms with van der Waals surface area (Å²) in [4.78, 5) is 15.2. The molecule has 1 aromatic carbocycles. The first-order valence-electron chi connectivity index (χ1n) is 7.03. The van der Waals surface area contributed by atoms with E-state index < -0.39 is 51.9 Å². The number of carbonyl (C=O) groups excluding carboxylic acids is 1. The van der Waals surface area contributed by atoms with Crippen LogP contribution in [-0.4, -0.2) is 23.7 Å². The fourth-order valence-corrected chi connectivity index (χ4v) is 3.07. The summed E-state index contributed by atoms with van der Waals surface area (Å²) in [6.45, 7) is 0. The first kappa shape index (κ1) is 18.1. The second-order valence-electron chi connectivity index (χ2n) is 5.21. The SMILES string of the molecule is N#Cc1cc(OC2=C3N=CC(SC(F)(F)F)=C3C(=O)C(F)C2)ccc1F. The monoisotopic (exact) mass is 386 g/mol. The minimum atomic E-state index is -4.67. The molecule has 1 aromatic rings. The standard InChI is InChI=1S/C16H7F5N2O2S/c17-9-2-1-8(3-7(9)5-22)25-11-4-10(18)15(24)13-12(6-23-14(11)13)26-16(19,20)21/h1-3,6,10H,4H2. The van der Waals surface area contributed by atoms with Gasteiger partial charge < -0.3 is 4.74 Å². The Bertz CT molecular complexity index is 928. The van der Waals surface area contributed by atoms with E-state index in [1.54, 1.807) is 6.07 Å². The van der Waals surface area contributed by atoms with E-state index in [-0.39, 0.29) is 22.8 Å². The molecule has 0 N–H and O–H groups in total. The Morgan fingerprint density at radius 3 is 2.73 bits per heavy atom. The lowest BCUT2D eigenvalue weighted by molar-refractivity contribution is -0.120. The molecule has 0 aromatic heterocycles. The summed E-state index contributed by atoms with van der Waals surface area (Å²) in [6, 6.07) is 4.78. The maximum atomic E-state index is 14.0. The van der Waals surface area contributed by atoms with Crippen molar-refractivity contribution in [1.29, 1.82) is 5.26 Å². The number of Topliss-reactive ketones (excluding diaryl/α,β-unsaturated/α-hetero) is 1. The lowest BCUT2D eigenvalue weighted by atomic mass is 9.95. The van der Waals surface area contributed by atoms with Crippen LogP contribution < -0.4 is 4.74 Å². The molecule has 1 atom stereocenters. The Hall–Kier alpha value is -2.67. The Labute approximate surface area is 147 Å². The number of ketones is 1. The van der Waals surface area contributed by atoms with Gasteiger partial charge in [0, 0.05) is 23.6 Å². The van der Waals surface area contributed by atoms with E-state index in [0.29, 0.717) is 0 Å². The summed E-state index contributed by atoms with van der Waals surface area (Å²) >= 11 is -0.567. The number of allylic oxidation sites excluding steroid dienone is 3. The maximum absolute atomic E-state index is 14.0. The van der Waals surface area contributed by atoms with Gasteiger partial charge in [-0.05, 0) is 23.9 Å². The zero-order chi connectivity index (χ0) is 19.1. The van der Waals surface area contributed by atoms with Crippen LogP contribution in [0.2, 0.25) is 0 Å². The van der Waals surface area contributed by atoms with Gasteiger partial charge in [0.1, 0.15) is 29.1 Å². The molecule has 0 bridgehead atoms. The average Bonchev–Trinajstić information content (AvgIpc) is 2.96. The van der Waals surface area contributed by atoms with Crippen LogP contribution >= 0.6 is 11.8 Å². The van der Waals surface area contributed by atoms with Gasteiger partial charge in [-0.15, -0.1) is 0 Å². The van der Waals surface area contributed by atoms with Gasteiger partial charge in [-0.1, -0.05) is 0 Å². The summed E-state index contributed by atoms with van der Waals surface area (Å²) in [5.74, 6) is -2.09. The topological polar surface area (TPSA) is 62.4 Å². The molecule has 0 saturated carbocycles. The lowest BCUT2D eigenvalue weighted by Gasteiger charge is -2.21. The number of ether oxygens (including phenoxy) is 1. The fraction of sp³-hybridized carbons (Fsp3) is 0.188. The number of hydrogen-bond acceptors (Lipinski definition) is 5. The summed E-state index contributed by atoms with van der Waals surface area (Å²) in [7, 11) is 0. The third-order valence-corrected chi connectivity index (χ3v) is 4.24. The third-order valence-electron chi connectivity index (χ3n) is 3.48. The normalized spacial score (nSPS) is 19.7. The van der Waals surface area contributed by atoms with Crippen molar-refractivity contribution in [3.05, 3.63) is 51.5 Å². The van der Waals surface area contributed by atoms with Crippen molar-refractivity contribution in [1.82, 2.24) is 0 Å². The number of rotatable bonds is 3. The van der Waals surface area contributed by atoms with Crippen molar-refractivity contribution in [2.24, 2.45) is 4.99 Å². The zero-order valence-electron chi connectivity index (χ0n) is 12.6. The van der Waals surface area contributed by atoms with Gasteiger partial charge in [-0.2, -0.15) is 18.4 Å². The second kappa shape index (κ2) is 6.57. The van der Waals surface area contributed by atoms with E-state index in [2.05, 4.69) is 4.99 Å². The van der Waals surface area contributed by atoms with Crippen LogP contribution in [0.1, 0.15) is 12.0 Å². The van der Waals surface area contributed by atoms with E-state index in [9.17, 15) is 26.7 Å². The van der Waals surface area contributed by atoms with Crippen molar-refractivity contribution in [2.45, 2.75) is 18.1 Å². The Morgan fingerprint density at radius 1 is 1.35 bits per heavy atom. The smallest absolute Gasteiger partial charge is 0.446 e. The summed E-state index contributed by atoms with van der Waals surface area (Å²) in [5.41, 5.74) is -5.69. The van der Waals surface area contributed by atoms with Crippen LogP contribution in [0.25, 0.3) is 0 Å². The Balaban J connectivity index is 2.01. The molecular formula is C16H7F5N2O2S. The molecule has 1 heterocycles. The largest absolute Gasteiger partial charge is 0.459 e. The van der Waals surface area contributed by atoms with Crippen LogP contribution in [-0.2, 0) is 4.79 Å². The number of aliphatic imine (C=N–C) groups is 1. The van der Waals surface area contributed by atoms with Gasteiger partial charge in [-0.3, -0.25) is 9.79 Å². The first-order chi connectivity index (χ1) is 12.2. The molecule has 1 aliphatic heterocycles. The number of benzene rings is 1. The Kier molecular flexibility index (Phi) is 4.58. The highest BCUT2D eigenvalue weighted by atomic mass is 32.2. The highest BCUT2D eigenvalue weighted by molar-refractivity contribution is 8.04. The van der Waals surface area contributed by atoms with Gasteiger partial charge in [-0.25, -0.2) is 8.78 Å². The van der Waals surface area contributed by atoms with Crippen molar-refractivity contribution < 1.29 is 31.5 Å². The molecule has 1 unspecified atom stereocenters. The quantitative estimate of drug-likeness (QED) is 0.731. The number of nitrogens with zero attached hydrogens (tertiary/aromatic N) is 2. The number of fused-ring (bicyclic) bond motifs is 1. The van der Waals surface area contributed by atoms with Crippen molar-refractivity contribution in [3.63, 3.8) is 0 Å². The molecule has 0 radical (unpaired) electrons. The van der Waals surface area contributed by atoms with E-state index >= 15 is 0 Å². The number of carbonyl (C=O) groups is 1. The van der Waals surface area contributed by atoms with E-state index in [0.717, 1.165) is 18.3 Å². The number of thioether (sulfide) groups is 1. The highest BCUT2D eigenvalue weighted by Crippen LogP contribution is 2.44. The van der Waals surface area contributed by atoms with Gasteiger partial charge in [0.2, 0.25) is 5.78 Å². The maximum Gasteiger partial charge on any atom is 0.446 e. The molecule has 0 saturated heterocycles. The third kappa shape index (κ3) is 3.48. The second-order valence-corrected chi connectivity index (χ2v) is 6.32. The number of hydrogen-bond donors (Lipinski definition) is 0. The van der Waals surface area contributed by atoms with Crippen molar-refractivity contribution in [2.75, 3.05) is 0 Å². The molecule has 3 rings (SSSR count).